The molecule has 0 saturated carbocycles. The second-order valence-electron chi connectivity index (χ2n) is 5.28. The molecule has 0 heterocycles. The fraction of sp³-hybridized carbons (Fsp3) is 0.105. The van der Waals surface area contributed by atoms with Gasteiger partial charge in [0.2, 0.25) is 5.91 Å². The molecule has 0 aliphatic heterocycles. The van der Waals surface area contributed by atoms with Crippen molar-refractivity contribution in [1.82, 2.24) is 0 Å². The fourth-order valence-electron chi connectivity index (χ4n) is 2.37. The van der Waals surface area contributed by atoms with Gasteiger partial charge in [-0.3, -0.25) is 4.79 Å². The van der Waals surface area contributed by atoms with Crippen molar-refractivity contribution in [2.45, 2.75) is 13.0 Å². The molecular weight excluding hydrogens is 272 g/mol. The number of benzene rings is 3. The van der Waals surface area contributed by atoms with Crippen molar-refractivity contribution in [3.63, 3.8) is 0 Å². The predicted octanol–water partition coefficient (Wildman–Crippen LogP) is 4.28. The average Bonchev–Trinajstić information content (AvgIpc) is 2.55. The maximum Gasteiger partial charge on any atom is 0.246 e. The molecule has 3 rings (SSSR count). The molecule has 0 radical (unpaired) electrons. The van der Waals surface area contributed by atoms with Gasteiger partial charge in [-0.05, 0) is 42.0 Å². The minimum Gasteiger partial charge on any atom is -0.374 e. The Morgan fingerprint density at radius 1 is 0.818 bits per heavy atom. The highest BCUT2D eigenvalue weighted by molar-refractivity contribution is 5.98. The van der Waals surface area contributed by atoms with Crippen LogP contribution in [0.4, 0.5) is 11.4 Å². The van der Waals surface area contributed by atoms with Crippen molar-refractivity contribution in [2.75, 3.05) is 10.6 Å². The molecule has 3 nitrogen and oxygen atoms in total. The first-order valence-electron chi connectivity index (χ1n) is 7.33. The molecule has 22 heavy (non-hydrogen) atoms. The second kappa shape index (κ2) is 6.31. The SMILES string of the molecule is C[C@@H](Nc1ccccc1)C(=O)Nc1ccc2ccccc2c1. The first kappa shape index (κ1) is 14.1. The van der Waals surface area contributed by atoms with Gasteiger partial charge in [0.15, 0.2) is 0 Å². The number of carbonyl (C=O) groups is 1. The molecule has 2 N–H and O–H groups in total. The van der Waals surface area contributed by atoms with Gasteiger partial charge in [0.25, 0.3) is 0 Å². The molecule has 0 bridgehead atoms. The third-order valence-corrected chi connectivity index (χ3v) is 3.57. The molecule has 0 saturated heterocycles. The van der Waals surface area contributed by atoms with E-state index in [0.29, 0.717) is 0 Å². The highest BCUT2D eigenvalue weighted by Crippen LogP contribution is 2.19. The molecule has 1 amide bonds. The van der Waals surface area contributed by atoms with Crippen LogP contribution in [-0.2, 0) is 4.79 Å². The number of hydrogen-bond donors (Lipinski definition) is 2. The summed E-state index contributed by atoms with van der Waals surface area (Å²) in [6.45, 7) is 1.85. The van der Waals surface area contributed by atoms with E-state index < -0.39 is 0 Å². The Hall–Kier alpha value is -2.81. The maximum absolute atomic E-state index is 12.3. The van der Waals surface area contributed by atoms with E-state index >= 15 is 0 Å². The Morgan fingerprint density at radius 2 is 1.50 bits per heavy atom. The summed E-state index contributed by atoms with van der Waals surface area (Å²) in [5.41, 5.74) is 1.74. The number of para-hydroxylation sites is 1. The van der Waals surface area contributed by atoms with Gasteiger partial charge in [0.05, 0.1) is 0 Å². The van der Waals surface area contributed by atoms with Crippen molar-refractivity contribution in [1.29, 1.82) is 0 Å². The Bertz CT molecular complexity index is 784. The lowest BCUT2D eigenvalue weighted by atomic mass is 10.1. The van der Waals surface area contributed by atoms with E-state index in [1.165, 1.54) is 0 Å². The summed E-state index contributed by atoms with van der Waals surface area (Å²) < 4.78 is 0. The monoisotopic (exact) mass is 290 g/mol. The smallest absolute Gasteiger partial charge is 0.246 e. The van der Waals surface area contributed by atoms with Crippen LogP contribution in [0.1, 0.15) is 6.92 Å². The van der Waals surface area contributed by atoms with Crippen LogP contribution in [0.25, 0.3) is 10.8 Å². The van der Waals surface area contributed by atoms with E-state index in [4.69, 9.17) is 0 Å². The van der Waals surface area contributed by atoms with E-state index in [0.717, 1.165) is 22.1 Å². The summed E-state index contributed by atoms with van der Waals surface area (Å²) in [6, 6.07) is 23.4. The summed E-state index contributed by atoms with van der Waals surface area (Å²) in [7, 11) is 0. The fourth-order valence-corrected chi connectivity index (χ4v) is 2.37. The van der Waals surface area contributed by atoms with Crippen molar-refractivity contribution >= 4 is 28.1 Å². The third kappa shape index (κ3) is 3.26. The molecule has 0 fully saturated rings. The highest BCUT2D eigenvalue weighted by Gasteiger charge is 2.12. The van der Waals surface area contributed by atoms with Gasteiger partial charge < -0.3 is 10.6 Å². The lowest BCUT2D eigenvalue weighted by molar-refractivity contribution is -0.116. The van der Waals surface area contributed by atoms with E-state index in [1.807, 2.05) is 73.7 Å². The standard InChI is InChI=1S/C19H18N2O/c1-14(20-17-9-3-2-4-10-17)19(22)21-18-12-11-15-7-5-6-8-16(15)13-18/h2-14,20H,1H3,(H,21,22)/t14-/m1/s1. The zero-order valence-electron chi connectivity index (χ0n) is 12.4. The molecule has 3 aromatic rings. The Balaban J connectivity index is 1.69. The lowest BCUT2D eigenvalue weighted by Crippen LogP contribution is -2.31. The van der Waals surface area contributed by atoms with E-state index in [1.54, 1.807) is 0 Å². The van der Waals surface area contributed by atoms with Crippen molar-refractivity contribution < 1.29 is 4.79 Å². The van der Waals surface area contributed by atoms with Gasteiger partial charge in [-0.2, -0.15) is 0 Å². The predicted molar refractivity (Wildman–Crippen MR) is 92.1 cm³/mol. The van der Waals surface area contributed by atoms with Gasteiger partial charge in [-0.25, -0.2) is 0 Å². The van der Waals surface area contributed by atoms with Crippen LogP contribution in [-0.4, -0.2) is 11.9 Å². The molecule has 3 aromatic carbocycles. The summed E-state index contributed by atoms with van der Waals surface area (Å²) in [4.78, 5) is 12.3. The molecule has 110 valence electrons. The van der Waals surface area contributed by atoms with Crippen LogP contribution < -0.4 is 10.6 Å². The minimum atomic E-state index is -0.311. The molecule has 0 aliphatic carbocycles. The summed E-state index contributed by atoms with van der Waals surface area (Å²) >= 11 is 0. The quantitative estimate of drug-likeness (QED) is 0.753. The number of nitrogens with one attached hydrogen (secondary N) is 2. The number of hydrogen-bond acceptors (Lipinski definition) is 2. The molecule has 0 spiro atoms. The molecule has 0 aliphatic rings. The van der Waals surface area contributed by atoms with Crippen LogP contribution in [0.15, 0.2) is 72.8 Å². The second-order valence-corrected chi connectivity index (χ2v) is 5.28. The van der Waals surface area contributed by atoms with Gasteiger partial charge in [0, 0.05) is 11.4 Å². The van der Waals surface area contributed by atoms with E-state index in [-0.39, 0.29) is 11.9 Å². The van der Waals surface area contributed by atoms with Crippen LogP contribution in [0, 0.1) is 0 Å². The van der Waals surface area contributed by atoms with E-state index in [2.05, 4.69) is 16.7 Å². The molecule has 0 aromatic heterocycles. The minimum absolute atomic E-state index is 0.0564. The molecule has 1 atom stereocenters. The summed E-state index contributed by atoms with van der Waals surface area (Å²) in [5.74, 6) is -0.0564. The average molecular weight is 290 g/mol. The number of fused-ring (bicyclic) bond motifs is 1. The Kier molecular flexibility index (Phi) is 4.05. The van der Waals surface area contributed by atoms with E-state index in [9.17, 15) is 4.79 Å². The maximum atomic E-state index is 12.3. The number of rotatable bonds is 4. The van der Waals surface area contributed by atoms with Gasteiger partial charge in [-0.15, -0.1) is 0 Å². The Labute approximate surface area is 130 Å². The van der Waals surface area contributed by atoms with Crippen molar-refractivity contribution in [3.8, 4) is 0 Å². The van der Waals surface area contributed by atoms with Crippen LogP contribution >= 0.6 is 0 Å². The largest absolute Gasteiger partial charge is 0.374 e. The summed E-state index contributed by atoms with van der Waals surface area (Å²) in [5, 5.41) is 8.42. The van der Waals surface area contributed by atoms with Crippen LogP contribution in [0.5, 0.6) is 0 Å². The zero-order valence-corrected chi connectivity index (χ0v) is 12.4. The molecule has 3 heteroatoms. The normalized spacial score (nSPS) is 11.9. The third-order valence-electron chi connectivity index (χ3n) is 3.57. The van der Waals surface area contributed by atoms with Crippen molar-refractivity contribution in [3.05, 3.63) is 72.8 Å². The first-order valence-corrected chi connectivity index (χ1v) is 7.33. The number of anilines is 2. The summed E-state index contributed by atoms with van der Waals surface area (Å²) in [6.07, 6.45) is 0. The van der Waals surface area contributed by atoms with Crippen LogP contribution in [0.2, 0.25) is 0 Å². The first-order chi connectivity index (χ1) is 10.7. The number of amides is 1. The highest BCUT2D eigenvalue weighted by atomic mass is 16.2. The molecule has 0 unspecified atom stereocenters. The van der Waals surface area contributed by atoms with Gasteiger partial charge >= 0.3 is 0 Å². The van der Waals surface area contributed by atoms with Gasteiger partial charge in [-0.1, -0.05) is 48.5 Å². The number of carbonyl (C=O) groups excluding carboxylic acids is 1. The topological polar surface area (TPSA) is 41.1 Å². The van der Waals surface area contributed by atoms with Crippen molar-refractivity contribution in [2.24, 2.45) is 0 Å². The Morgan fingerprint density at radius 3 is 2.27 bits per heavy atom. The van der Waals surface area contributed by atoms with Gasteiger partial charge in [0.1, 0.15) is 6.04 Å². The zero-order chi connectivity index (χ0) is 15.4. The lowest BCUT2D eigenvalue weighted by Gasteiger charge is -2.15. The molecular formula is C19H18N2O. The van der Waals surface area contributed by atoms with Crippen LogP contribution in [0.3, 0.4) is 0 Å².